The Morgan fingerprint density at radius 1 is 1.15 bits per heavy atom. The van der Waals surface area contributed by atoms with Crippen LogP contribution < -0.4 is 5.32 Å². The Hall–Kier alpha value is -2.26. The van der Waals surface area contributed by atoms with Gasteiger partial charge in [0.05, 0.1) is 6.04 Å². The Labute approximate surface area is 166 Å². The van der Waals surface area contributed by atoms with E-state index in [0.29, 0.717) is 11.8 Å². The number of rotatable bonds is 4. The largest absolute Gasteiger partial charge is 0.378 e. The molecule has 0 unspecified atom stereocenters. The molecule has 1 heterocycles. The molecular weight excluding hydrogens is 356 g/mol. The summed E-state index contributed by atoms with van der Waals surface area (Å²) in [5, 5.41) is 4.48. The predicted molar refractivity (Wildman–Crippen MR) is 111 cm³/mol. The average molecular weight is 381 g/mol. The number of hydrogen-bond acceptors (Lipinski definition) is 2. The highest BCUT2D eigenvalue weighted by Gasteiger charge is 2.38. The third kappa shape index (κ3) is 3.25. The molecule has 1 N–H and O–H groups in total. The Bertz CT molecular complexity index is 870. The van der Waals surface area contributed by atoms with Gasteiger partial charge in [-0.2, -0.15) is 0 Å². The van der Waals surface area contributed by atoms with Crippen molar-refractivity contribution >= 4 is 23.2 Å². The van der Waals surface area contributed by atoms with E-state index in [0.717, 1.165) is 35.8 Å². The number of carbonyl (C=O) groups excluding carboxylic acids is 1. The van der Waals surface area contributed by atoms with E-state index >= 15 is 0 Å². The van der Waals surface area contributed by atoms with Crippen molar-refractivity contribution < 1.29 is 4.79 Å². The lowest BCUT2D eigenvalue weighted by atomic mass is 9.76. The number of anilines is 1. The molecule has 2 aromatic carbocycles. The van der Waals surface area contributed by atoms with Crippen LogP contribution in [0.1, 0.15) is 53.7 Å². The lowest BCUT2D eigenvalue weighted by Gasteiger charge is -2.38. The van der Waals surface area contributed by atoms with Crippen LogP contribution in [0.4, 0.5) is 5.69 Å². The minimum atomic E-state index is 0.112. The highest BCUT2D eigenvalue weighted by Crippen LogP contribution is 2.50. The van der Waals surface area contributed by atoms with E-state index in [-0.39, 0.29) is 11.9 Å². The lowest BCUT2D eigenvalue weighted by Crippen LogP contribution is -2.32. The van der Waals surface area contributed by atoms with Gasteiger partial charge in [-0.1, -0.05) is 35.9 Å². The first kappa shape index (κ1) is 18.1. The van der Waals surface area contributed by atoms with E-state index < -0.39 is 0 Å². The van der Waals surface area contributed by atoms with Crippen LogP contribution in [0.15, 0.2) is 54.6 Å². The molecule has 0 spiro atoms. The smallest absolute Gasteiger partial charge is 0.253 e. The molecule has 1 aliphatic heterocycles. The first-order valence-corrected chi connectivity index (χ1v) is 10.1. The normalized spacial score (nSPS) is 22.7. The van der Waals surface area contributed by atoms with Gasteiger partial charge in [0.1, 0.15) is 0 Å². The third-order valence-electron chi connectivity index (χ3n) is 5.89. The van der Waals surface area contributed by atoms with Crippen LogP contribution in [0.2, 0.25) is 5.02 Å². The monoisotopic (exact) mass is 380 g/mol. The highest BCUT2D eigenvalue weighted by molar-refractivity contribution is 6.30. The molecule has 0 aromatic heterocycles. The first-order chi connectivity index (χ1) is 13.1. The van der Waals surface area contributed by atoms with E-state index in [9.17, 15) is 4.79 Å². The Balaban J connectivity index is 1.69. The summed E-state index contributed by atoms with van der Waals surface area (Å²) in [6, 6.07) is 14.5. The number of amides is 1. The van der Waals surface area contributed by atoms with Gasteiger partial charge in [-0.05, 0) is 67.6 Å². The summed E-state index contributed by atoms with van der Waals surface area (Å²) in [6.45, 7) is 5.51. The zero-order valence-corrected chi connectivity index (χ0v) is 16.5. The Morgan fingerprint density at radius 3 is 2.59 bits per heavy atom. The van der Waals surface area contributed by atoms with Gasteiger partial charge in [0.25, 0.3) is 5.91 Å². The number of halogens is 1. The highest BCUT2D eigenvalue weighted by atomic mass is 35.5. The molecule has 2 aliphatic rings. The van der Waals surface area contributed by atoms with Crippen molar-refractivity contribution in [3.63, 3.8) is 0 Å². The second kappa shape index (κ2) is 7.40. The van der Waals surface area contributed by atoms with Gasteiger partial charge in [0, 0.05) is 35.3 Å². The Kier molecular flexibility index (Phi) is 4.96. The molecule has 3 nitrogen and oxygen atoms in total. The zero-order chi connectivity index (χ0) is 19.0. The molecule has 4 rings (SSSR count). The van der Waals surface area contributed by atoms with Crippen molar-refractivity contribution in [2.24, 2.45) is 5.92 Å². The van der Waals surface area contributed by atoms with Crippen molar-refractivity contribution in [3.8, 4) is 0 Å². The van der Waals surface area contributed by atoms with Crippen molar-refractivity contribution in [2.75, 3.05) is 18.4 Å². The topological polar surface area (TPSA) is 32.3 Å². The molecule has 1 amide bonds. The number of hydrogen-bond donors (Lipinski definition) is 1. The maximum absolute atomic E-state index is 12.8. The average Bonchev–Trinajstić information content (AvgIpc) is 3.19. The van der Waals surface area contributed by atoms with Crippen LogP contribution in [0.3, 0.4) is 0 Å². The molecule has 140 valence electrons. The maximum Gasteiger partial charge on any atom is 0.253 e. The number of carbonyl (C=O) groups is 1. The van der Waals surface area contributed by atoms with E-state index in [1.807, 2.05) is 36.9 Å². The summed E-state index contributed by atoms with van der Waals surface area (Å²) in [5.74, 6) is 0.907. The summed E-state index contributed by atoms with van der Waals surface area (Å²) >= 11 is 6.07. The predicted octanol–water partition coefficient (Wildman–Crippen LogP) is 5.65. The molecule has 0 bridgehead atoms. The molecule has 4 heteroatoms. The summed E-state index contributed by atoms with van der Waals surface area (Å²) in [6.07, 6.45) is 5.62. The molecule has 0 saturated heterocycles. The molecule has 0 saturated carbocycles. The molecule has 1 aliphatic carbocycles. The standard InChI is InChI=1S/C23H25ClN2O/c1-3-26(4-2)23(27)16-10-13-21-20(14-16)18-6-5-7-19(18)22(25-21)15-8-11-17(24)12-9-15/h5-6,8-14,18-19,22,25H,3-4,7H2,1-2H3/t18-,19+,22-/m0/s1. The van der Waals surface area contributed by atoms with E-state index in [2.05, 4.69) is 41.7 Å². The lowest BCUT2D eigenvalue weighted by molar-refractivity contribution is 0.0773. The van der Waals surface area contributed by atoms with E-state index in [1.54, 1.807) is 0 Å². The minimum Gasteiger partial charge on any atom is -0.378 e. The molecule has 0 fully saturated rings. The minimum absolute atomic E-state index is 0.112. The fourth-order valence-electron chi connectivity index (χ4n) is 4.42. The second-order valence-electron chi connectivity index (χ2n) is 7.31. The fraction of sp³-hybridized carbons (Fsp3) is 0.348. The number of nitrogens with zero attached hydrogens (tertiary/aromatic N) is 1. The molecule has 2 aromatic rings. The zero-order valence-electron chi connectivity index (χ0n) is 15.8. The van der Waals surface area contributed by atoms with Gasteiger partial charge in [-0.3, -0.25) is 4.79 Å². The van der Waals surface area contributed by atoms with Gasteiger partial charge < -0.3 is 10.2 Å². The van der Waals surface area contributed by atoms with Crippen LogP contribution >= 0.6 is 11.6 Å². The van der Waals surface area contributed by atoms with Crippen molar-refractivity contribution in [3.05, 3.63) is 76.3 Å². The quantitative estimate of drug-likeness (QED) is 0.695. The SMILES string of the molecule is CCN(CC)C(=O)c1ccc2c(c1)[C@H]1C=CC[C@H]1[C@H](c1ccc(Cl)cc1)N2. The van der Waals surface area contributed by atoms with Crippen LogP contribution in [-0.4, -0.2) is 23.9 Å². The van der Waals surface area contributed by atoms with Crippen molar-refractivity contribution in [1.82, 2.24) is 4.90 Å². The summed E-state index contributed by atoms with van der Waals surface area (Å²) in [5.41, 5.74) is 4.39. The molecule has 0 radical (unpaired) electrons. The second-order valence-corrected chi connectivity index (χ2v) is 7.74. The van der Waals surface area contributed by atoms with Gasteiger partial charge >= 0.3 is 0 Å². The van der Waals surface area contributed by atoms with Crippen LogP contribution in [0.25, 0.3) is 0 Å². The van der Waals surface area contributed by atoms with E-state index in [4.69, 9.17) is 11.6 Å². The van der Waals surface area contributed by atoms with Gasteiger partial charge in [0.15, 0.2) is 0 Å². The van der Waals surface area contributed by atoms with Crippen LogP contribution in [0.5, 0.6) is 0 Å². The first-order valence-electron chi connectivity index (χ1n) is 9.74. The maximum atomic E-state index is 12.8. The fourth-order valence-corrected chi connectivity index (χ4v) is 4.55. The Morgan fingerprint density at radius 2 is 1.89 bits per heavy atom. The van der Waals surface area contributed by atoms with Gasteiger partial charge in [-0.25, -0.2) is 0 Å². The number of benzene rings is 2. The summed E-state index contributed by atoms with van der Waals surface area (Å²) in [4.78, 5) is 14.6. The molecule has 3 atom stereocenters. The number of nitrogens with one attached hydrogen (secondary N) is 1. The molecular formula is C23H25ClN2O. The van der Waals surface area contributed by atoms with Crippen LogP contribution in [0, 0.1) is 5.92 Å². The third-order valence-corrected chi connectivity index (χ3v) is 6.14. The number of allylic oxidation sites excluding steroid dienone is 2. The van der Waals surface area contributed by atoms with E-state index in [1.165, 1.54) is 11.1 Å². The van der Waals surface area contributed by atoms with Gasteiger partial charge in [-0.15, -0.1) is 0 Å². The number of fused-ring (bicyclic) bond motifs is 3. The molecule has 27 heavy (non-hydrogen) atoms. The van der Waals surface area contributed by atoms with Gasteiger partial charge in [0.2, 0.25) is 0 Å². The van der Waals surface area contributed by atoms with Crippen molar-refractivity contribution in [1.29, 1.82) is 0 Å². The summed E-state index contributed by atoms with van der Waals surface area (Å²) < 4.78 is 0. The van der Waals surface area contributed by atoms with Crippen LogP contribution in [-0.2, 0) is 0 Å². The summed E-state index contributed by atoms with van der Waals surface area (Å²) in [7, 11) is 0. The van der Waals surface area contributed by atoms with Crippen molar-refractivity contribution in [2.45, 2.75) is 32.2 Å².